The van der Waals surface area contributed by atoms with Gasteiger partial charge in [0.2, 0.25) is 5.13 Å². The van der Waals surface area contributed by atoms with Crippen molar-refractivity contribution in [1.82, 2.24) is 9.36 Å². The molecule has 0 saturated heterocycles. The van der Waals surface area contributed by atoms with Gasteiger partial charge in [-0.3, -0.25) is 0 Å². The van der Waals surface area contributed by atoms with Crippen molar-refractivity contribution < 1.29 is 0 Å². The summed E-state index contributed by atoms with van der Waals surface area (Å²) >= 11 is 13.0. The van der Waals surface area contributed by atoms with Crippen LogP contribution in [0.15, 0.2) is 6.33 Å². The molecule has 1 heterocycles. The van der Waals surface area contributed by atoms with Crippen molar-refractivity contribution in [3.63, 3.8) is 0 Å². The van der Waals surface area contributed by atoms with Crippen molar-refractivity contribution in [3.05, 3.63) is 6.33 Å². The molecular formula is C6H7Cl2N3S. The number of nitrogens with one attached hydrogen (secondary N) is 1. The van der Waals surface area contributed by atoms with Gasteiger partial charge in [0.1, 0.15) is 10.7 Å². The zero-order valence-corrected chi connectivity index (χ0v) is 8.46. The topological polar surface area (TPSA) is 37.8 Å². The molecule has 1 N–H and O–H groups in total. The summed E-state index contributed by atoms with van der Waals surface area (Å²) in [4.78, 5) is 3.97. The molecule has 1 fully saturated rings. The van der Waals surface area contributed by atoms with Gasteiger partial charge in [0.05, 0.1) is 0 Å². The molecule has 2 rings (SSSR count). The third-order valence-corrected chi connectivity index (χ3v) is 3.36. The molecule has 0 bridgehead atoms. The summed E-state index contributed by atoms with van der Waals surface area (Å²) in [7, 11) is 0. The molecule has 66 valence electrons. The summed E-state index contributed by atoms with van der Waals surface area (Å²) < 4.78 is 3.36. The molecule has 6 heteroatoms. The molecule has 1 saturated carbocycles. The molecule has 0 radical (unpaired) electrons. The van der Waals surface area contributed by atoms with Gasteiger partial charge in [-0.05, 0) is 6.42 Å². The van der Waals surface area contributed by atoms with E-state index in [4.69, 9.17) is 23.2 Å². The summed E-state index contributed by atoms with van der Waals surface area (Å²) in [6, 6.07) is 0. The first-order chi connectivity index (χ1) is 5.68. The Labute approximate surface area is 84.3 Å². The van der Waals surface area contributed by atoms with Gasteiger partial charge in [0, 0.05) is 24.0 Å². The molecular weight excluding hydrogens is 217 g/mol. The first-order valence-electron chi connectivity index (χ1n) is 3.57. The smallest absolute Gasteiger partial charge is 0.202 e. The molecule has 1 aromatic rings. The van der Waals surface area contributed by atoms with Crippen molar-refractivity contribution >= 4 is 39.9 Å². The van der Waals surface area contributed by atoms with Gasteiger partial charge in [-0.1, -0.05) is 0 Å². The average Bonchev–Trinajstić information content (AvgIpc) is 2.54. The zero-order valence-electron chi connectivity index (χ0n) is 6.13. The third kappa shape index (κ3) is 1.81. The molecule has 3 nitrogen and oxygen atoms in total. The Morgan fingerprint density at radius 3 is 3.00 bits per heavy atom. The lowest BCUT2D eigenvalue weighted by atomic mass is 10.4. The fourth-order valence-electron chi connectivity index (χ4n) is 0.953. The third-order valence-electron chi connectivity index (χ3n) is 1.82. The predicted octanol–water partition coefficient (Wildman–Crippen LogP) is 2.14. The number of hydrogen-bond donors (Lipinski definition) is 1. The Kier molecular flexibility index (Phi) is 2.14. The van der Waals surface area contributed by atoms with Crippen LogP contribution in [0.4, 0.5) is 5.13 Å². The van der Waals surface area contributed by atoms with Gasteiger partial charge in [0.25, 0.3) is 0 Å². The SMILES string of the molecule is ClC1(Cl)CC1CNc1ncns1. The zero-order chi connectivity index (χ0) is 8.60. The number of aromatic nitrogens is 2. The summed E-state index contributed by atoms with van der Waals surface area (Å²) in [5.74, 6) is 0.352. The second-order valence-electron chi connectivity index (χ2n) is 2.79. The lowest BCUT2D eigenvalue weighted by Gasteiger charge is -2.00. The first kappa shape index (κ1) is 8.53. The number of hydrogen-bond acceptors (Lipinski definition) is 4. The molecule has 1 aromatic heterocycles. The monoisotopic (exact) mass is 223 g/mol. The minimum Gasteiger partial charge on any atom is -0.360 e. The molecule has 0 amide bonds. The van der Waals surface area contributed by atoms with Crippen LogP contribution in [0, 0.1) is 5.92 Å². The largest absolute Gasteiger partial charge is 0.360 e. The summed E-state index contributed by atoms with van der Waals surface area (Å²) in [5.41, 5.74) is 0. The van der Waals surface area contributed by atoms with Crippen molar-refractivity contribution in [2.45, 2.75) is 10.8 Å². The number of nitrogens with zero attached hydrogens (tertiary/aromatic N) is 2. The maximum atomic E-state index is 5.84. The molecule has 12 heavy (non-hydrogen) atoms. The Morgan fingerprint density at radius 2 is 2.50 bits per heavy atom. The van der Waals surface area contributed by atoms with Gasteiger partial charge >= 0.3 is 0 Å². The maximum absolute atomic E-state index is 5.84. The summed E-state index contributed by atoms with van der Waals surface area (Å²) in [5, 5.41) is 3.94. The highest BCUT2D eigenvalue weighted by Crippen LogP contribution is 2.52. The Morgan fingerprint density at radius 1 is 1.75 bits per heavy atom. The van der Waals surface area contributed by atoms with Crippen molar-refractivity contribution in [1.29, 1.82) is 0 Å². The fourth-order valence-corrected chi connectivity index (χ4v) is 1.92. The van der Waals surface area contributed by atoms with E-state index in [1.807, 2.05) is 0 Å². The Hall–Kier alpha value is -0.0600. The second-order valence-corrected chi connectivity index (χ2v) is 5.11. The Balaban J connectivity index is 1.78. The molecule has 1 aliphatic rings. The van der Waals surface area contributed by atoms with Crippen LogP contribution in [0.25, 0.3) is 0 Å². The van der Waals surface area contributed by atoms with Gasteiger partial charge in [-0.15, -0.1) is 23.2 Å². The van der Waals surface area contributed by atoms with Crippen LogP contribution in [0.1, 0.15) is 6.42 Å². The minimum atomic E-state index is -0.502. The van der Waals surface area contributed by atoms with E-state index in [-0.39, 0.29) is 0 Å². The average molecular weight is 224 g/mol. The molecule has 0 aliphatic heterocycles. The highest BCUT2D eigenvalue weighted by Gasteiger charge is 2.51. The van der Waals surface area contributed by atoms with Crippen molar-refractivity contribution in [2.24, 2.45) is 5.92 Å². The van der Waals surface area contributed by atoms with Crippen LogP contribution in [-0.2, 0) is 0 Å². The van der Waals surface area contributed by atoms with E-state index in [9.17, 15) is 0 Å². The van der Waals surface area contributed by atoms with Gasteiger partial charge in [0.15, 0.2) is 0 Å². The second kappa shape index (κ2) is 3.01. The highest BCUT2D eigenvalue weighted by molar-refractivity contribution is 7.09. The number of halogens is 2. The van der Waals surface area contributed by atoms with E-state index in [0.717, 1.165) is 18.1 Å². The van der Waals surface area contributed by atoms with E-state index in [1.54, 1.807) is 0 Å². The number of alkyl halides is 2. The molecule has 1 aliphatic carbocycles. The van der Waals surface area contributed by atoms with Crippen LogP contribution in [0.2, 0.25) is 0 Å². The van der Waals surface area contributed by atoms with E-state index in [1.165, 1.54) is 17.9 Å². The summed E-state index contributed by atoms with van der Waals surface area (Å²) in [6.07, 6.45) is 2.39. The van der Waals surface area contributed by atoms with Gasteiger partial charge in [-0.2, -0.15) is 4.37 Å². The van der Waals surface area contributed by atoms with E-state index in [2.05, 4.69) is 14.7 Å². The van der Waals surface area contributed by atoms with Gasteiger partial charge in [-0.25, -0.2) is 4.98 Å². The van der Waals surface area contributed by atoms with E-state index < -0.39 is 4.33 Å². The van der Waals surface area contributed by atoms with E-state index >= 15 is 0 Å². The quantitative estimate of drug-likeness (QED) is 0.799. The lowest BCUT2D eigenvalue weighted by molar-refractivity contribution is 0.873. The molecule has 0 aromatic carbocycles. The van der Waals surface area contributed by atoms with Crippen LogP contribution in [0.5, 0.6) is 0 Å². The van der Waals surface area contributed by atoms with E-state index in [0.29, 0.717) is 5.92 Å². The first-order valence-corrected chi connectivity index (χ1v) is 5.10. The molecule has 0 spiro atoms. The standard InChI is InChI=1S/C6H7Cl2N3S/c7-6(8)1-4(6)2-9-5-10-3-11-12-5/h3-4H,1-2H2,(H,9,10,11). The number of rotatable bonds is 3. The predicted molar refractivity (Wildman–Crippen MR) is 50.9 cm³/mol. The van der Waals surface area contributed by atoms with Crippen molar-refractivity contribution in [2.75, 3.05) is 11.9 Å². The minimum absolute atomic E-state index is 0.352. The maximum Gasteiger partial charge on any atom is 0.202 e. The van der Waals surface area contributed by atoms with Gasteiger partial charge < -0.3 is 5.32 Å². The van der Waals surface area contributed by atoms with Crippen LogP contribution in [-0.4, -0.2) is 20.2 Å². The lowest BCUT2D eigenvalue weighted by Crippen LogP contribution is -2.06. The number of anilines is 1. The highest BCUT2D eigenvalue weighted by atomic mass is 35.5. The van der Waals surface area contributed by atoms with Crippen LogP contribution >= 0.6 is 34.7 Å². The fraction of sp³-hybridized carbons (Fsp3) is 0.667. The molecule has 1 unspecified atom stereocenters. The molecule has 1 atom stereocenters. The van der Waals surface area contributed by atoms with Crippen LogP contribution < -0.4 is 5.32 Å². The summed E-state index contributed by atoms with van der Waals surface area (Å²) in [6.45, 7) is 0.780. The Bertz CT molecular complexity index is 262. The van der Waals surface area contributed by atoms with Crippen molar-refractivity contribution in [3.8, 4) is 0 Å². The van der Waals surface area contributed by atoms with Crippen LogP contribution in [0.3, 0.4) is 0 Å². The normalized spacial score (nSPS) is 25.3.